The highest BCUT2D eigenvalue weighted by atomic mass is 16.5. The maximum Gasteiger partial charge on any atom is 0.339 e. The quantitative estimate of drug-likeness (QED) is 0.601. The summed E-state index contributed by atoms with van der Waals surface area (Å²) in [5, 5.41) is 2.92. The van der Waals surface area contributed by atoms with E-state index in [1.807, 2.05) is 0 Å². The molecule has 0 spiro atoms. The maximum absolute atomic E-state index is 12.4. The van der Waals surface area contributed by atoms with Crippen LogP contribution in [0.2, 0.25) is 0 Å². The van der Waals surface area contributed by atoms with E-state index in [0.29, 0.717) is 29.1 Å². The second-order valence-electron chi connectivity index (χ2n) is 6.74. The van der Waals surface area contributed by atoms with E-state index in [4.69, 9.17) is 9.47 Å². The van der Waals surface area contributed by atoms with Gasteiger partial charge in [0.15, 0.2) is 0 Å². The van der Waals surface area contributed by atoms with Gasteiger partial charge < -0.3 is 19.8 Å². The topological polar surface area (TPSA) is 83.7 Å². The number of carbonyl (C=O) groups is 2. The van der Waals surface area contributed by atoms with Crippen molar-refractivity contribution in [3.05, 3.63) is 22.5 Å². The Bertz CT molecular complexity index is 616. The van der Waals surface area contributed by atoms with Gasteiger partial charge in [0, 0.05) is 31.9 Å². The van der Waals surface area contributed by atoms with Gasteiger partial charge in [-0.25, -0.2) is 4.79 Å². The lowest BCUT2D eigenvalue weighted by atomic mass is 10.1. The van der Waals surface area contributed by atoms with Gasteiger partial charge in [-0.15, -0.1) is 0 Å². The summed E-state index contributed by atoms with van der Waals surface area (Å²) in [6.45, 7) is 11.0. The fourth-order valence-electron chi connectivity index (χ4n) is 3.45. The Hall–Kier alpha value is -1.86. The van der Waals surface area contributed by atoms with E-state index in [-0.39, 0.29) is 18.1 Å². The number of ether oxygens (including phenoxy) is 2. The number of carbonyl (C=O) groups excluding carboxylic acids is 2. The highest BCUT2D eigenvalue weighted by Crippen LogP contribution is 2.18. The Morgan fingerprint density at radius 2 is 1.92 bits per heavy atom. The van der Waals surface area contributed by atoms with E-state index >= 15 is 0 Å². The van der Waals surface area contributed by atoms with E-state index in [9.17, 15) is 9.59 Å². The van der Waals surface area contributed by atoms with Crippen LogP contribution in [0, 0.1) is 13.8 Å². The summed E-state index contributed by atoms with van der Waals surface area (Å²) in [4.78, 5) is 29.5. The summed E-state index contributed by atoms with van der Waals surface area (Å²) < 4.78 is 10.5. The molecule has 7 nitrogen and oxygen atoms in total. The Balaban J connectivity index is 1.84. The average molecular weight is 351 g/mol. The van der Waals surface area contributed by atoms with Gasteiger partial charge in [0.25, 0.3) is 5.91 Å². The van der Waals surface area contributed by atoms with Gasteiger partial charge in [0.1, 0.15) is 5.69 Å². The molecule has 2 rings (SSSR count). The number of hydrogen-bond donors (Lipinski definition) is 2. The van der Waals surface area contributed by atoms with Gasteiger partial charge in [0.05, 0.1) is 24.9 Å². The first-order chi connectivity index (χ1) is 11.8. The molecule has 0 aromatic carbocycles. The predicted molar refractivity (Wildman–Crippen MR) is 95.0 cm³/mol. The van der Waals surface area contributed by atoms with Crippen LogP contribution in [0.5, 0.6) is 0 Å². The van der Waals surface area contributed by atoms with Crippen molar-refractivity contribution in [2.75, 3.05) is 33.3 Å². The SMILES string of the molecule is COC(=O)c1c(C)[nH]c(C(=O)NCCCN2C[C@@H](C)O[C@H](C)C2)c1C. The molecule has 0 unspecified atom stereocenters. The molecule has 1 saturated heterocycles. The van der Waals surface area contributed by atoms with Crippen LogP contribution in [0.15, 0.2) is 0 Å². The van der Waals surface area contributed by atoms with Crippen molar-refractivity contribution in [3.8, 4) is 0 Å². The second-order valence-corrected chi connectivity index (χ2v) is 6.74. The molecule has 1 aromatic heterocycles. The van der Waals surface area contributed by atoms with Crippen molar-refractivity contribution in [1.82, 2.24) is 15.2 Å². The van der Waals surface area contributed by atoms with Crippen LogP contribution in [0.4, 0.5) is 0 Å². The van der Waals surface area contributed by atoms with Crippen molar-refractivity contribution in [3.63, 3.8) is 0 Å². The number of morpholine rings is 1. The predicted octanol–water partition coefficient (Wildman–Crippen LogP) is 1.65. The van der Waals surface area contributed by atoms with Crippen molar-refractivity contribution in [2.45, 2.75) is 46.3 Å². The number of nitrogens with one attached hydrogen (secondary N) is 2. The molecule has 2 atom stereocenters. The van der Waals surface area contributed by atoms with Crippen molar-refractivity contribution >= 4 is 11.9 Å². The first-order valence-electron chi connectivity index (χ1n) is 8.77. The average Bonchev–Trinajstić information content (AvgIpc) is 2.84. The fraction of sp³-hybridized carbons (Fsp3) is 0.667. The van der Waals surface area contributed by atoms with Gasteiger partial charge in [0.2, 0.25) is 0 Å². The van der Waals surface area contributed by atoms with E-state index < -0.39 is 5.97 Å². The fourth-order valence-corrected chi connectivity index (χ4v) is 3.45. The van der Waals surface area contributed by atoms with E-state index in [1.165, 1.54) is 7.11 Å². The normalized spacial score (nSPS) is 21.2. The molecular weight excluding hydrogens is 322 g/mol. The molecule has 140 valence electrons. The van der Waals surface area contributed by atoms with Gasteiger partial charge >= 0.3 is 5.97 Å². The number of esters is 1. The van der Waals surface area contributed by atoms with Crippen molar-refractivity contribution in [2.24, 2.45) is 0 Å². The number of rotatable bonds is 6. The lowest BCUT2D eigenvalue weighted by molar-refractivity contribution is -0.0680. The van der Waals surface area contributed by atoms with Gasteiger partial charge in [-0.1, -0.05) is 0 Å². The first-order valence-corrected chi connectivity index (χ1v) is 8.77. The van der Waals surface area contributed by atoms with Crippen LogP contribution in [0.3, 0.4) is 0 Å². The van der Waals surface area contributed by atoms with Crippen LogP contribution in [0.1, 0.15) is 52.4 Å². The molecule has 25 heavy (non-hydrogen) atoms. The lowest BCUT2D eigenvalue weighted by Gasteiger charge is -2.35. The summed E-state index contributed by atoms with van der Waals surface area (Å²) in [5.74, 6) is -0.625. The van der Waals surface area contributed by atoms with Crippen LogP contribution in [0.25, 0.3) is 0 Å². The zero-order valence-corrected chi connectivity index (χ0v) is 15.8. The standard InChI is InChI=1S/C18H29N3O4/c1-11-9-21(10-12(2)25-11)8-6-7-19-17(22)16-13(3)15(14(4)20-16)18(23)24-5/h11-12,20H,6-10H2,1-5H3,(H,19,22)/t11-,12-/m1/s1. The van der Waals surface area contributed by atoms with Crippen molar-refractivity contribution < 1.29 is 19.1 Å². The Morgan fingerprint density at radius 1 is 1.28 bits per heavy atom. The van der Waals surface area contributed by atoms with Gasteiger partial charge in [-0.05, 0) is 39.7 Å². The summed E-state index contributed by atoms with van der Waals surface area (Å²) in [5.41, 5.74) is 2.12. The molecule has 2 N–H and O–H groups in total. The van der Waals surface area contributed by atoms with Crippen LogP contribution < -0.4 is 5.32 Å². The van der Waals surface area contributed by atoms with Crippen LogP contribution in [-0.2, 0) is 9.47 Å². The number of nitrogens with zero attached hydrogens (tertiary/aromatic N) is 1. The van der Waals surface area contributed by atoms with Crippen LogP contribution >= 0.6 is 0 Å². The number of H-pyrrole nitrogens is 1. The van der Waals surface area contributed by atoms with Gasteiger partial charge in [-0.3, -0.25) is 9.69 Å². The highest BCUT2D eigenvalue weighted by Gasteiger charge is 2.23. The summed E-state index contributed by atoms with van der Waals surface area (Å²) >= 11 is 0. The number of methoxy groups -OCH3 is 1. The van der Waals surface area contributed by atoms with E-state index in [2.05, 4.69) is 29.0 Å². The monoisotopic (exact) mass is 351 g/mol. The Morgan fingerprint density at radius 3 is 2.52 bits per heavy atom. The minimum absolute atomic E-state index is 0.195. The number of aromatic nitrogens is 1. The van der Waals surface area contributed by atoms with E-state index in [0.717, 1.165) is 26.1 Å². The molecule has 1 aromatic rings. The van der Waals surface area contributed by atoms with Crippen molar-refractivity contribution in [1.29, 1.82) is 0 Å². The number of aromatic amines is 1. The lowest BCUT2D eigenvalue weighted by Crippen LogP contribution is -2.46. The van der Waals surface area contributed by atoms with E-state index in [1.54, 1.807) is 13.8 Å². The third-order valence-electron chi connectivity index (χ3n) is 4.49. The second kappa shape index (κ2) is 8.49. The molecule has 1 amide bonds. The zero-order valence-electron chi connectivity index (χ0n) is 15.8. The number of hydrogen-bond acceptors (Lipinski definition) is 5. The molecule has 0 bridgehead atoms. The first kappa shape index (κ1) is 19.5. The molecule has 0 radical (unpaired) electrons. The number of amides is 1. The summed E-state index contributed by atoms with van der Waals surface area (Å²) in [7, 11) is 1.33. The highest BCUT2D eigenvalue weighted by molar-refractivity contribution is 6.00. The zero-order chi connectivity index (χ0) is 18.6. The smallest absolute Gasteiger partial charge is 0.339 e. The third kappa shape index (κ3) is 4.83. The Labute approximate surface area is 149 Å². The summed E-state index contributed by atoms with van der Waals surface area (Å²) in [6.07, 6.45) is 1.37. The molecule has 0 aliphatic carbocycles. The molecule has 2 heterocycles. The molecule has 7 heteroatoms. The Kier molecular flexibility index (Phi) is 6.61. The largest absolute Gasteiger partial charge is 0.465 e. The minimum atomic E-state index is -0.430. The van der Waals surface area contributed by atoms with Gasteiger partial charge in [-0.2, -0.15) is 0 Å². The molecule has 1 fully saturated rings. The molecule has 1 aliphatic rings. The van der Waals surface area contributed by atoms with Crippen LogP contribution in [-0.4, -0.2) is 67.3 Å². The molecule has 0 saturated carbocycles. The maximum atomic E-state index is 12.4. The third-order valence-corrected chi connectivity index (χ3v) is 4.49. The number of aryl methyl sites for hydroxylation is 1. The molecule has 1 aliphatic heterocycles. The summed E-state index contributed by atoms with van der Waals surface area (Å²) in [6, 6.07) is 0. The minimum Gasteiger partial charge on any atom is -0.465 e. The molecular formula is C18H29N3O4.